The maximum absolute atomic E-state index is 11.9. The molecule has 0 aliphatic rings. The van der Waals surface area contributed by atoms with Crippen LogP contribution in [-0.2, 0) is 0 Å². The zero-order chi connectivity index (χ0) is 18.8. The van der Waals surface area contributed by atoms with Gasteiger partial charge in [-0.15, -0.1) is 0 Å². The second-order valence-electron chi connectivity index (χ2n) is 5.81. The van der Waals surface area contributed by atoms with Gasteiger partial charge in [0.2, 0.25) is 11.8 Å². The molecule has 0 atom stereocenters. The molecule has 2 amide bonds. The van der Waals surface area contributed by atoms with Gasteiger partial charge < -0.3 is 22.9 Å². The van der Waals surface area contributed by atoms with E-state index in [1.807, 2.05) is 0 Å². The fourth-order valence-electron chi connectivity index (χ4n) is 3.07. The Hall–Kier alpha value is -3.80. The van der Waals surface area contributed by atoms with Crippen molar-refractivity contribution in [1.29, 1.82) is 0 Å². The number of amides is 2. The molecule has 3 rings (SSSR count). The molecule has 0 heterocycles. The van der Waals surface area contributed by atoms with Crippen LogP contribution in [0.1, 0.15) is 20.7 Å². The van der Waals surface area contributed by atoms with E-state index < -0.39 is 11.8 Å². The Morgan fingerprint density at radius 1 is 0.577 bits per heavy atom. The van der Waals surface area contributed by atoms with Gasteiger partial charge in [0.1, 0.15) is 0 Å². The summed E-state index contributed by atoms with van der Waals surface area (Å²) >= 11 is 0. The molecule has 0 fully saturated rings. The number of hydrogen-bond donors (Lipinski definition) is 4. The summed E-state index contributed by atoms with van der Waals surface area (Å²) in [5.41, 5.74) is 27.0. The second-order valence-corrected chi connectivity index (χ2v) is 5.81. The van der Waals surface area contributed by atoms with E-state index in [4.69, 9.17) is 22.9 Å². The van der Waals surface area contributed by atoms with Gasteiger partial charge >= 0.3 is 0 Å². The van der Waals surface area contributed by atoms with E-state index in [0.29, 0.717) is 33.6 Å². The molecule has 0 spiro atoms. The molecule has 0 saturated heterocycles. The van der Waals surface area contributed by atoms with Crippen LogP contribution in [0, 0.1) is 0 Å². The average Bonchev–Trinajstić information content (AvgIpc) is 2.61. The molecule has 0 aliphatic carbocycles. The van der Waals surface area contributed by atoms with Gasteiger partial charge in [0, 0.05) is 33.6 Å². The monoisotopic (exact) mass is 346 g/mol. The third-order valence-corrected chi connectivity index (χ3v) is 4.19. The lowest BCUT2D eigenvalue weighted by atomic mass is 9.88. The number of hydrogen-bond acceptors (Lipinski definition) is 4. The Morgan fingerprint density at radius 2 is 0.962 bits per heavy atom. The summed E-state index contributed by atoms with van der Waals surface area (Å²) in [7, 11) is 0. The van der Waals surface area contributed by atoms with Gasteiger partial charge in [0.15, 0.2) is 0 Å². The highest BCUT2D eigenvalue weighted by atomic mass is 16.1. The Morgan fingerprint density at radius 3 is 1.31 bits per heavy atom. The third kappa shape index (κ3) is 2.84. The van der Waals surface area contributed by atoms with Crippen molar-refractivity contribution in [3.63, 3.8) is 0 Å². The fourth-order valence-corrected chi connectivity index (χ4v) is 3.07. The van der Waals surface area contributed by atoms with Crippen LogP contribution in [0.3, 0.4) is 0 Å². The summed E-state index contributed by atoms with van der Waals surface area (Å²) in [4.78, 5) is 23.8. The van der Waals surface area contributed by atoms with Crippen LogP contribution in [-0.4, -0.2) is 11.8 Å². The predicted octanol–water partition coefficient (Wildman–Crippen LogP) is 2.38. The van der Waals surface area contributed by atoms with E-state index >= 15 is 0 Å². The van der Waals surface area contributed by atoms with Crippen LogP contribution in [0.4, 0.5) is 11.4 Å². The first-order valence-electron chi connectivity index (χ1n) is 7.88. The maximum atomic E-state index is 11.9. The Balaban J connectivity index is 2.39. The topological polar surface area (TPSA) is 138 Å². The number of anilines is 2. The summed E-state index contributed by atoms with van der Waals surface area (Å²) in [6, 6.07) is 17.1. The van der Waals surface area contributed by atoms with Crippen LogP contribution in [0.2, 0.25) is 0 Å². The number of nitrogen functional groups attached to an aromatic ring is 2. The lowest BCUT2D eigenvalue weighted by molar-refractivity contribution is 0.0992. The van der Waals surface area contributed by atoms with E-state index in [1.54, 1.807) is 60.7 Å². The first-order chi connectivity index (χ1) is 12.4. The maximum Gasteiger partial charge on any atom is 0.249 e. The van der Waals surface area contributed by atoms with Crippen molar-refractivity contribution in [3.8, 4) is 22.3 Å². The lowest BCUT2D eigenvalue weighted by Gasteiger charge is -2.17. The number of carbonyl (C=O) groups is 2. The molecule has 0 bridgehead atoms. The van der Waals surface area contributed by atoms with Gasteiger partial charge in [-0.05, 0) is 35.4 Å². The summed E-state index contributed by atoms with van der Waals surface area (Å²) in [6.45, 7) is 0. The van der Waals surface area contributed by atoms with Crippen LogP contribution in [0.15, 0.2) is 60.7 Å². The molecule has 0 aromatic heterocycles. The molecule has 6 heteroatoms. The van der Waals surface area contributed by atoms with E-state index in [9.17, 15) is 9.59 Å². The molecule has 3 aromatic carbocycles. The van der Waals surface area contributed by atoms with Gasteiger partial charge in [0.05, 0.1) is 0 Å². The standard InChI is InChI=1S/C20H18N4O2/c21-15-9-3-7-13(19(23)25)17(15)11-5-1-2-6-12(11)18-14(20(24)26)8-4-10-16(18)22/h1-10H,21-22H2,(H2,23,25)(H2,24,26). The lowest BCUT2D eigenvalue weighted by Crippen LogP contribution is -2.15. The van der Waals surface area contributed by atoms with Crippen LogP contribution < -0.4 is 22.9 Å². The molecular formula is C20H18N4O2. The SMILES string of the molecule is NC(=O)c1cccc(N)c1-c1ccccc1-c1c(N)cccc1C(N)=O. The molecule has 0 radical (unpaired) electrons. The van der Waals surface area contributed by atoms with Crippen LogP contribution >= 0.6 is 0 Å². The Bertz CT molecular complexity index is 946. The highest BCUT2D eigenvalue weighted by Gasteiger charge is 2.20. The Kier molecular flexibility index (Phi) is 4.33. The summed E-state index contributed by atoms with van der Waals surface area (Å²) < 4.78 is 0. The summed E-state index contributed by atoms with van der Waals surface area (Å²) in [5, 5.41) is 0. The van der Waals surface area contributed by atoms with Crippen LogP contribution in [0.25, 0.3) is 22.3 Å². The molecule has 0 saturated carbocycles. The predicted molar refractivity (Wildman–Crippen MR) is 103 cm³/mol. The largest absolute Gasteiger partial charge is 0.398 e. The zero-order valence-corrected chi connectivity index (χ0v) is 13.9. The van der Waals surface area contributed by atoms with E-state index in [0.717, 1.165) is 0 Å². The normalized spacial score (nSPS) is 10.5. The van der Waals surface area contributed by atoms with Crippen molar-refractivity contribution >= 4 is 23.2 Å². The Labute approximate surface area is 150 Å². The van der Waals surface area contributed by atoms with Gasteiger partial charge in [-0.1, -0.05) is 36.4 Å². The minimum Gasteiger partial charge on any atom is -0.398 e. The second kappa shape index (κ2) is 6.60. The van der Waals surface area contributed by atoms with Crippen molar-refractivity contribution < 1.29 is 9.59 Å². The van der Waals surface area contributed by atoms with E-state index in [1.165, 1.54) is 0 Å². The average molecular weight is 346 g/mol. The fraction of sp³-hybridized carbons (Fsp3) is 0. The number of benzene rings is 3. The molecule has 8 N–H and O–H groups in total. The first-order valence-corrected chi connectivity index (χ1v) is 7.88. The molecule has 26 heavy (non-hydrogen) atoms. The van der Waals surface area contributed by atoms with Crippen molar-refractivity contribution in [2.75, 3.05) is 11.5 Å². The van der Waals surface area contributed by atoms with E-state index in [-0.39, 0.29) is 11.1 Å². The van der Waals surface area contributed by atoms with Crippen molar-refractivity contribution in [3.05, 3.63) is 71.8 Å². The summed E-state index contributed by atoms with van der Waals surface area (Å²) in [5.74, 6) is -1.20. The number of carbonyl (C=O) groups excluding carboxylic acids is 2. The van der Waals surface area contributed by atoms with Gasteiger partial charge in [-0.2, -0.15) is 0 Å². The minimum atomic E-state index is -0.599. The highest BCUT2D eigenvalue weighted by molar-refractivity contribution is 6.09. The van der Waals surface area contributed by atoms with Crippen molar-refractivity contribution in [1.82, 2.24) is 0 Å². The third-order valence-electron chi connectivity index (χ3n) is 4.19. The molecule has 0 unspecified atom stereocenters. The van der Waals surface area contributed by atoms with Gasteiger partial charge in [0.25, 0.3) is 0 Å². The zero-order valence-electron chi connectivity index (χ0n) is 13.9. The van der Waals surface area contributed by atoms with Crippen molar-refractivity contribution in [2.24, 2.45) is 11.5 Å². The molecule has 3 aromatic rings. The number of primary amides is 2. The number of nitrogens with two attached hydrogens (primary N) is 4. The quantitative estimate of drug-likeness (QED) is 0.539. The van der Waals surface area contributed by atoms with Crippen LogP contribution in [0.5, 0.6) is 0 Å². The highest BCUT2D eigenvalue weighted by Crippen LogP contribution is 2.40. The summed E-state index contributed by atoms with van der Waals surface area (Å²) in [6.07, 6.45) is 0. The van der Waals surface area contributed by atoms with Gasteiger partial charge in [-0.3, -0.25) is 9.59 Å². The molecule has 6 nitrogen and oxygen atoms in total. The smallest absolute Gasteiger partial charge is 0.249 e. The van der Waals surface area contributed by atoms with Crippen molar-refractivity contribution in [2.45, 2.75) is 0 Å². The minimum absolute atomic E-state index is 0.285. The first kappa shape index (κ1) is 17.0. The molecular weight excluding hydrogens is 328 g/mol. The molecule has 130 valence electrons. The van der Waals surface area contributed by atoms with Gasteiger partial charge in [-0.25, -0.2) is 0 Å². The van der Waals surface area contributed by atoms with E-state index in [2.05, 4.69) is 0 Å². The molecule has 0 aliphatic heterocycles. The number of rotatable bonds is 4.